The molecule has 0 fully saturated rings. The highest BCUT2D eigenvalue weighted by molar-refractivity contribution is 5.95. The van der Waals surface area contributed by atoms with E-state index in [2.05, 4.69) is 10.4 Å². The van der Waals surface area contributed by atoms with Gasteiger partial charge in [0, 0.05) is 13.2 Å². The maximum Gasteiger partial charge on any atom is 0.412 e. The SMILES string of the molecule is Cn1ccc(/C=C(\NC(=O)OC(C)(C)C)C(=O)O)n1. The fourth-order valence-corrected chi connectivity index (χ4v) is 1.22. The van der Waals surface area contributed by atoms with Crippen LogP contribution in [0.3, 0.4) is 0 Å². The number of carbonyl (C=O) groups excluding carboxylic acids is 1. The summed E-state index contributed by atoms with van der Waals surface area (Å²) >= 11 is 0. The molecule has 0 aliphatic carbocycles. The number of alkyl carbamates (subject to hydrolysis) is 1. The van der Waals surface area contributed by atoms with Gasteiger partial charge in [0.15, 0.2) is 0 Å². The van der Waals surface area contributed by atoms with Gasteiger partial charge in [0.05, 0.1) is 5.69 Å². The minimum absolute atomic E-state index is 0.298. The molecule has 0 saturated heterocycles. The molecular formula is C12H17N3O4. The molecule has 0 bridgehead atoms. The van der Waals surface area contributed by atoms with Gasteiger partial charge in [-0.25, -0.2) is 9.59 Å². The number of hydrogen-bond acceptors (Lipinski definition) is 4. The lowest BCUT2D eigenvalue weighted by Gasteiger charge is -2.19. The van der Waals surface area contributed by atoms with Gasteiger partial charge in [0.2, 0.25) is 0 Å². The van der Waals surface area contributed by atoms with Gasteiger partial charge in [0.1, 0.15) is 11.3 Å². The Morgan fingerprint density at radius 2 is 2.11 bits per heavy atom. The Balaban J connectivity index is 2.82. The van der Waals surface area contributed by atoms with Crippen LogP contribution in [-0.2, 0) is 16.6 Å². The van der Waals surface area contributed by atoms with Gasteiger partial charge in [-0.3, -0.25) is 10.00 Å². The van der Waals surface area contributed by atoms with Crippen molar-refractivity contribution in [3.63, 3.8) is 0 Å². The normalized spacial score (nSPS) is 12.1. The molecule has 0 aromatic carbocycles. The van der Waals surface area contributed by atoms with E-state index in [1.807, 2.05) is 0 Å². The number of carboxylic acids is 1. The molecule has 1 rings (SSSR count). The van der Waals surface area contributed by atoms with Crippen LogP contribution in [0.2, 0.25) is 0 Å². The monoisotopic (exact) mass is 267 g/mol. The second-order valence-corrected chi connectivity index (χ2v) is 4.90. The lowest BCUT2D eigenvalue weighted by molar-refractivity contribution is -0.133. The summed E-state index contributed by atoms with van der Waals surface area (Å²) in [5.41, 5.74) is -0.567. The van der Waals surface area contributed by atoms with E-state index in [0.29, 0.717) is 5.69 Å². The first kappa shape index (κ1) is 14.7. The highest BCUT2D eigenvalue weighted by Crippen LogP contribution is 2.08. The summed E-state index contributed by atoms with van der Waals surface area (Å²) in [4.78, 5) is 22.5. The van der Waals surface area contributed by atoms with E-state index in [0.717, 1.165) is 0 Å². The van der Waals surface area contributed by atoms with Gasteiger partial charge in [-0.15, -0.1) is 0 Å². The van der Waals surface area contributed by atoms with E-state index in [-0.39, 0.29) is 5.70 Å². The molecule has 0 spiro atoms. The molecular weight excluding hydrogens is 250 g/mol. The van der Waals surface area contributed by atoms with E-state index < -0.39 is 17.7 Å². The van der Waals surface area contributed by atoms with Crippen LogP contribution in [-0.4, -0.2) is 32.6 Å². The number of ether oxygens (including phenoxy) is 1. The predicted molar refractivity (Wildman–Crippen MR) is 68.2 cm³/mol. The molecule has 7 nitrogen and oxygen atoms in total. The number of aliphatic carboxylic acids is 1. The van der Waals surface area contributed by atoms with Crippen LogP contribution in [0.5, 0.6) is 0 Å². The molecule has 0 saturated carbocycles. The Labute approximate surface area is 110 Å². The molecule has 1 heterocycles. The number of amides is 1. The summed E-state index contributed by atoms with van der Waals surface area (Å²) in [6.45, 7) is 5.07. The summed E-state index contributed by atoms with van der Waals surface area (Å²) < 4.78 is 6.51. The zero-order valence-electron chi connectivity index (χ0n) is 11.3. The maximum atomic E-state index is 11.5. The third kappa shape index (κ3) is 5.24. The summed E-state index contributed by atoms with van der Waals surface area (Å²) in [5, 5.41) is 15.2. The molecule has 0 radical (unpaired) electrons. The molecule has 0 unspecified atom stereocenters. The second kappa shape index (κ2) is 5.55. The minimum Gasteiger partial charge on any atom is -0.477 e. The van der Waals surface area contributed by atoms with Crippen molar-refractivity contribution in [2.45, 2.75) is 26.4 Å². The number of carboxylic acid groups (broad SMARTS) is 1. The van der Waals surface area contributed by atoms with Crippen LogP contribution < -0.4 is 5.32 Å². The third-order valence-electron chi connectivity index (χ3n) is 1.89. The molecule has 1 aromatic rings. The lowest BCUT2D eigenvalue weighted by Crippen LogP contribution is -2.34. The largest absolute Gasteiger partial charge is 0.477 e. The fourth-order valence-electron chi connectivity index (χ4n) is 1.22. The van der Waals surface area contributed by atoms with Crippen molar-refractivity contribution in [3.8, 4) is 0 Å². The quantitative estimate of drug-likeness (QED) is 0.807. The number of nitrogens with one attached hydrogen (secondary N) is 1. The van der Waals surface area contributed by atoms with Crippen molar-refractivity contribution in [1.82, 2.24) is 15.1 Å². The molecule has 19 heavy (non-hydrogen) atoms. The first-order chi connectivity index (χ1) is 8.67. The van der Waals surface area contributed by atoms with Crippen LogP contribution in [0.4, 0.5) is 4.79 Å². The van der Waals surface area contributed by atoms with Crippen LogP contribution in [0, 0.1) is 0 Å². The maximum absolute atomic E-state index is 11.5. The molecule has 0 aliphatic rings. The number of nitrogens with zero attached hydrogens (tertiary/aromatic N) is 2. The number of rotatable bonds is 3. The minimum atomic E-state index is -1.27. The Hall–Kier alpha value is -2.31. The van der Waals surface area contributed by atoms with Crippen molar-refractivity contribution in [3.05, 3.63) is 23.7 Å². The Morgan fingerprint density at radius 3 is 2.53 bits per heavy atom. The van der Waals surface area contributed by atoms with Gasteiger partial charge in [-0.1, -0.05) is 0 Å². The van der Waals surface area contributed by atoms with E-state index in [1.54, 1.807) is 40.1 Å². The van der Waals surface area contributed by atoms with Gasteiger partial charge in [-0.05, 0) is 32.9 Å². The summed E-state index contributed by atoms with van der Waals surface area (Å²) in [6.07, 6.45) is 2.10. The highest BCUT2D eigenvalue weighted by Gasteiger charge is 2.19. The molecule has 2 N–H and O–H groups in total. The van der Waals surface area contributed by atoms with Gasteiger partial charge in [0.25, 0.3) is 0 Å². The number of aryl methyl sites for hydroxylation is 1. The van der Waals surface area contributed by atoms with E-state index in [9.17, 15) is 9.59 Å². The van der Waals surface area contributed by atoms with Gasteiger partial charge < -0.3 is 9.84 Å². The summed E-state index contributed by atoms with van der Waals surface area (Å²) in [6, 6.07) is 1.62. The molecule has 1 amide bonds. The van der Waals surface area contributed by atoms with Gasteiger partial charge in [-0.2, -0.15) is 5.10 Å². The van der Waals surface area contributed by atoms with E-state index in [4.69, 9.17) is 9.84 Å². The number of carbonyl (C=O) groups is 2. The predicted octanol–water partition coefficient (Wildman–Crippen LogP) is 1.37. The summed E-state index contributed by atoms with van der Waals surface area (Å²) in [5.74, 6) is -1.27. The first-order valence-corrected chi connectivity index (χ1v) is 5.62. The zero-order chi connectivity index (χ0) is 14.6. The Morgan fingerprint density at radius 1 is 1.47 bits per heavy atom. The summed E-state index contributed by atoms with van der Waals surface area (Å²) in [7, 11) is 1.71. The number of hydrogen-bond donors (Lipinski definition) is 2. The topological polar surface area (TPSA) is 93.5 Å². The van der Waals surface area contributed by atoms with Crippen LogP contribution in [0.1, 0.15) is 26.5 Å². The van der Waals surface area contributed by atoms with Crippen LogP contribution in [0.25, 0.3) is 6.08 Å². The highest BCUT2D eigenvalue weighted by atomic mass is 16.6. The van der Waals surface area contributed by atoms with E-state index in [1.165, 1.54) is 10.8 Å². The van der Waals surface area contributed by atoms with Crippen molar-refractivity contribution < 1.29 is 19.4 Å². The molecule has 104 valence electrons. The zero-order valence-corrected chi connectivity index (χ0v) is 11.3. The van der Waals surface area contributed by atoms with Gasteiger partial charge >= 0.3 is 12.1 Å². The van der Waals surface area contributed by atoms with Crippen molar-refractivity contribution in [1.29, 1.82) is 0 Å². The van der Waals surface area contributed by atoms with E-state index >= 15 is 0 Å². The molecule has 0 atom stereocenters. The Bertz CT molecular complexity index is 511. The van der Waals surface area contributed by atoms with Crippen molar-refractivity contribution in [2.24, 2.45) is 7.05 Å². The smallest absolute Gasteiger partial charge is 0.412 e. The fraction of sp³-hybridized carbons (Fsp3) is 0.417. The van der Waals surface area contributed by atoms with Crippen LogP contribution >= 0.6 is 0 Å². The molecule has 0 aliphatic heterocycles. The average molecular weight is 267 g/mol. The van der Waals surface area contributed by atoms with Crippen molar-refractivity contribution >= 4 is 18.1 Å². The first-order valence-electron chi connectivity index (χ1n) is 5.62. The lowest BCUT2D eigenvalue weighted by atomic mass is 10.2. The second-order valence-electron chi connectivity index (χ2n) is 4.90. The third-order valence-corrected chi connectivity index (χ3v) is 1.89. The Kier molecular flexibility index (Phi) is 4.31. The molecule has 1 aromatic heterocycles. The number of aromatic nitrogens is 2. The standard InChI is InChI=1S/C12H17N3O4/c1-12(2,3)19-11(18)13-9(10(16)17)7-8-5-6-15(4)14-8/h5-7H,1-4H3,(H,13,18)(H,16,17)/b9-7-. The van der Waals surface area contributed by atoms with Crippen LogP contribution in [0.15, 0.2) is 18.0 Å². The molecule has 7 heteroatoms. The van der Waals surface area contributed by atoms with Crippen molar-refractivity contribution in [2.75, 3.05) is 0 Å². The average Bonchev–Trinajstić information content (AvgIpc) is 2.60.